The van der Waals surface area contributed by atoms with Crippen molar-refractivity contribution in [1.82, 2.24) is 10.2 Å². The quantitative estimate of drug-likeness (QED) is 0.689. The molecule has 0 radical (unpaired) electrons. The van der Waals surface area contributed by atoms with Crippen LogP contribution in [0.3, 0.4) is 0 Å². The number of carbonyl (C=O) groups is 1. The SMILES string of the molecule is CCN(CC)C1CNCC(C(=O)O)C1. The summed E-state index contributed by atoms with van der Waals surface area (Å²) in [4.78, 5) is 13.2. The molecule has 1 rings (SSSR count). The number of aliphatic carboxylic acids is 1. The Bertz CT molecular complexity index is 193. The summed E-state index contributed by atoms with van der Waals surface area (Å²) in [6.45, 7) is 7.77. The number of likely N-dealkylation sites (N-methyl/N-ethyl adjacent to an activating group) is 1. The van der Waals surface area contributed by atoms with Gasteiger partial charge in [0.1, 0.15) is 0 Å². The van der Waals surface area contributed by atoms with E-state index < -0.39 is 5.97 Å². The molecule has 1 aliphatic rings. The second kappa shape index (κ2) is 5.32. The summed E-state index contributed by atoms with van der Waals surface area (Å²) < 4.78 is 0. The number of carboxylic acids is 1. The highest BCUT2D eigenvalue weighted by Gasteiger charge is 2.28. The van der Waals surface area contributed by atoms with Gasteiger partial charge in [-0.25, -0.2) is 0 Å². The van der Waals surface area contributed by atoms with E-state index in [-0.39, 0.29) is 5.92 Å². The molecule has 1 fully saturated rings. The largest absolute Gasteiger partial charge is 0.481 e. The third kappa shape index (κ3) is 2.69. The zero-order valence-corrected chi connectivity index (χ0v) is 8.99. The van der Waals surface area contributed by atoms with E-state index in [1.165, 1.54) is 0 Å². The van der Waals surface area contributed by atoms with Crippen LogP contribution >= 0.6 is 0 Å². The minimum Gasteiger partial charge on any atom is -0.481 e. The standard InChI is InChI=1S/C10H20N2O2/c1-3-12(4-2)9-5-8(10(13)14)6-11-7-9/h8-9,11H,3-7H2,1-2H3,(H,13,14). The third-order valence-corrected chi connectivity index (χ3v) is 3.01. The Morgan fingerprint density at radius 2 is 2.07 bits per heavy atom. The molecule has 4 heteroatoms. The Morgan fingerprint density at radius 3 is 2.57 bits per heavy atom. The summed E-state index contributed by atoms with van der Waals surface area (Å²) in [7, 11) is 0. The molecule has 1 saturated heterocycles. The second-order valence-corrected chi connectivity index (χ2v) is 3.80. The summed E-state index contributed by atoms with van der Waals surface area (Å²) in [5.41, 5.74) is 0. The topological polar surface area (TPSA) is 52.6 Å². The first-order chi connectivity index (χ1) is 6.69. The first-order valence-electron chi connectivity index (χ1n) is 5.36. The van der Waals surface area contributed by atoms with E-state index in [1.807, 2.05) is 0 Å². The van der Waals surface area contributed by atoms with E-state index in [0.29, 0.717) is 12.6 Å². The van der Waals surface area contributed by atoms with Gasteiger partial charge in [-0.05, 0) is 19.5 Å². The molecule has 0 aromatic heterocycles. The highest BCUT2D eigenvalue weighted by Crippen LogP contribution is 2.15. The van der Waals surface area contributed by atoms with Crippen molar-refractivity contribution < 1.29 is 9.90 Å². The van der Waals surface area contributed by atoms with Gasteiger partial charge in [0.05, 0.1) is 5.92 Å². The first kappa shape index (κ1) is 11.5. The molecule has 82 valence electrons. The number of nitrogens with zero attached hydrogens (tertiary/aromatic N) is 1. The van der Waals surface area contributed by atoms with Gasteiger partial charge < -0.3 is 10.4 Å². The normalized spacial score (nSPS) is 27.9. The summed E-state index contributed by atoms with van der Waals surface area (Å²) in [6, 6.07) is 0.389. The molecule has 14 heavy (non-hydrogen) atoms. The maximum Gasteiger partial charge on any atom is 0.307 e. The molecule has 1 aliphatic heterocycles. The van der Waals surface area contributed by atoms with Crippen molar-refractivity contribution in [3.05, 3.63) is 0 Å². The van der Waals surface area contributed by atoms with Gasteiger partial charge in [0.2, 0.25) is 0 Å². The molecular formula is C10H20N2O2. The number of hydrogen-bond acceptors (Lipinski definition) is 3. The minimum atomic E-state index is -0.672. The minimum absolute atomic E-state index is 0.214. The molecule has 0 saturated carbocycles. The monoisotopic (exact) mass is 200 g/mol. The third-order valence-electron chi connectivity index (χ3n) is 3.01. The predicted molar refractivity (Wildman–Crippen MR) is 55.3 cm³/mol. The van der Waals surface area contributed by atoms with Crippen LogP contribution < -0.4 is 5.32 Å². The second-order valence-electron chi connectivity index (χ2n) is 3.80. The van der Waals surface area contributed by atoms with Crippen molar-refractivity contribution >= 4 is 5.97 Å². The fraction of sp³-hybridized carbons (Fsp3) is 0.900. The van der Waals surface area contributed by atoms with E-state index in [0.717, 1.165) is 26.1 Å². The Balaban J connectivity index is 2.50. The molecule has 2 atom stereocenters. The average Bonchev–Trinajstić information content (AvgIpc) is 2.20. The molecule has 2 N–H and O–H groups in total. The van der Waals surface area contributed by atoms with Crippen LogP contribution in [0.15, 0.2) is 0 Å². The number of rotatable bonds is 4. The van der Waals surface area contributed by atoms with Crippen molar-refractivity contribution in [2.75, 3.05) is 26.2 Å². The van der Waals surface area contributed by atoms with Crippen LogP contribution in [-0.4, -0.2) is 48.2 Å². The Kier molecular flexibility index (Phi) is 4.35. The van der Waals surface area contributed by atoms with Gasteiger partial charge in [-0.15, -0.1) is 0 Å². The van der Waals surface area contributed by atoms with Gasteiger partial charge in [-0.2, -0.15) is 0 Å². The fourth-order valence-corrected chi connectivity index (χ4v) is 2.13. The Morgan fingerprint density at radius 1 is 1.43 bits per heavy atom. The van der Waals surface area contributed by atoms with Crippen molar-refractivity contribution in [3.8, 4) is 0 Å². The fourth-order valence-electron chi connectivity index (χ4n) is 2.13. The highest BCUT2D eigenvalue weighted by molar-refractivity contribution is 5.70. The molecule has 4 nitrogen and oxygen atoms in total. The van der Waals surface area contributed by atoms with Gasteiger partial charge in [-0.3, -0.25) is 9.69 Å². The lowest BCUT2D eigenvalue weighted by Gasteiger charge is -2.35. The Hall–Kier alpha value is -0.610. The van der Waals surface area contributed by atoms with E-state index in [2.05, 4.69) is 24.1 Å². The molecule has 2 unspecified atom stereocenters. The molecule has 0 aromatic rings. The van der Waals surface area contributed by atoms with Crippen molar-refractivity contribution in [2.45, 2.75) is 26.3 Å². The molecule has 0 bridgehead atoms. The highest BCUT2D eigenvalue weighted by atomic mass is 16.4. The van der Waals surface area contributed by atoms with Crippen LogP contribution in [0.5, 0.6) is 0 Å². The van der Waals surface area contributed by atoms with Gasteiger partial charge in [0.25, 0.3) is 0 Å². The van der Waals surface area contributed by atoms with Crippen LogP contribution in [-0.2, 0) is 4.79 Å². The van der Waals surface area contributed by atoms with Crippen molar-refractivity contribution in [3.63, 3.8) is 0 Å². The summed E-state index contributed by atoms with van der Waals surface area (Å²) >= 11 is 0. The smallest absolute Gasteiger partial charge is 0.307 e. The summed E-state index contributed by atoms with van der Waals surface area (Å²) in [6.07, 6.45) is 0.782. The van der Waals surface area contributed by atoms with E-state index in [1.54, 1.807) is 0 Å². The summed E-state index contributed by atoms with van der Waals surface area (Å²) in [5.74, 6) is -0.885. The zero-order chi connectivity index (χ0) is 10.6. The van der Waals surface area contributed by atoms with Crippen molar-refractivity contribution in [1.29, 1.82) is 0 Å². The van der Waals surface area contributed by atoms with Gasteiger partial charge in [-0.1, -0.05) is 13.8 Å². The van der Waals surface area contributed by atoms with Crippen LogP contribution in [0.1, 0.15) is 20.3 Å². The molecule has 0 spiro atoms. The van der Waals surface area contributed by atoms with Crippen LogP contribution in [0.2, 0.25) is 0 Å². The zero-order valence-electron chi connectivity index (χ0n) is 8.99. The van der Waals surface area contributed by atoms with Crippen LogP contribution in [0, 0.1) is 5.92 Å². The van der Waals surface area contributed by atoms with Crippen LogP contribution in [0.25, 0.3) is 0 Å². The molecular weight excluding hydrogens is 180 g/mol. The molecule has 0 amide bonds. The average molecular weight is 200 g/mol. The van der Waals surface area contributed by atoms with Crippen molar-refractivity contribution in [2.24, 2.45) is 5.92 Å². The number of carboxylic acid groups (broad SMARTS) is 1. The lowest BCUT2D eigenvalue weighted by molar-refractivity contribution is -0.142. The van der Waals surface area contributed by atoms with Gasteiger partial charge >= 0.3 is 5.97 Å². The molecule has 0 aromatic carbocycles. The Labute approximate surface area is 85.3 Å². The van der Waals surface area contributed by atoms with E-state index in [4.69, 9.17) is 5.11 Å². The molecule has 1 heterocycles. The lowest BCUT2D eigenvalue weighted by atomic mass is 9.95. The summed E-state index contributed by atoms with van der Waals surface area (Å²) in [5, 5.41) is 12.1. The first-order valence-corrected chi connectivity index (χ1v) is 5.36. The number of piperidine rings is 1. The molecule has 0 aliphatic carbocycles. The number of hydrogen-bond donors (Lipinski definition) is 2. The maximum atomic E-state index is 10.8. The van der Waals surface area contributed by atoms with E-state index in [9.17, 15) is 4.79 Å². The van der Waals surface area contributed by atoms with Gasteiger partial charge in [0, 0.05) is 19.1 Å². The van der Waals surface area contributed by atoms with E-state index >= 15 is 0 Å². The van der Waals surface area contributed by atoms with Gasteiger partial charge in [0.15, 0.2) is 0 Å². The van der Waals surface area contributed by atoms with Crippen LogP contribution in [0.4, 0.5) is 0 Å². The lowest BCUT2D eigenvalue weighted by Crippen LogP contribution is -2.50. The number of nitrogens with one attached hydrogen (secondary N) is 1. The predicted octanol–water partition coefficient (Wildman–Crippen LogP) is 0.391. The maximum absolute atomic E-state index is 10.8.